The number of rotatable bonds is 2. The molecule has 2 heterocycles. The summed E-state index contributed by atoms with van der Waals surface area (Å²) in [4.78, 5) is 16.5. The monoisotopic (exact) mass is 246 g/mol. The summed E-state index contributed by atoms with van der Waals surface area (Å²) in [7, 11) is 1.47. The Morgan fingerprint density at radius 1 is 1.33 bits per heavy atom. The SMILES string of the molecule is COC(=O)C1N(c2ccccc2)CC2CCCN21. The minimum Gasteiger partial charge on any atom is -0.466 e. The molecule has 2 atom stereocenters. The Labute approximate surface area is 107 Å². The third-order valence-corrected chi connectivity index (χ3v) is 3.94. The molecule has 0 N–H and O–H groups in total. The van der Waals surface area contributed by atoms with Crippen molar-refractivity contribution < 1.29 is 9.53 Å². The van der Waals surface area contributed by atoms with E-state index >= 15 is 0 Å². The normalized spacial score (nSPS) is 27.3. The van der Waals surface area contributed by atoms with Gasteiger partial charge in [0, 0.05) is 24.8 Å². The standard InChI is InChI=1S/C14H18N2O2/c1-18-14(17)13-15-9-5-8-12(15)10-16(13)11-6-3-2-4-7-11/h2-4,6-7,12-13H,5,8-10H2,1H3. The van der Waals surface area contributed by atoms with Gasteiger partial charge in [0.15, 0.2) is 6.17 Å². The van der Waals surface area contributed by atoms with Crippen molar-refractivity contribution in [1.82, 2.24) is 4.90 Å². The number of anilines is 1. The minimum atomic E-state index is -0.245. The molecule has 2 saturated heterocycles. The maximum atomic E-state index is 12.0. The summed E-state index contributed by atoms with van der Waals surface area (Å²) in [6.45, 7) is 1.91. The lowest BCUT2D eigenvalue weighted by atomic mass is 10.2. The third kappa shape index (κ3) is 1.77. The van der Waals surface area contributed by atoms with Crippen LogP contribution in [0.5, 0.6) is 0 Å². The van der Waals surface area contributed by atoms with E-state index in [2.05, 4.69) is 21.9 Å². The molecule has 2 aliphatic heterocycles. The summed E-state index contributed by atoms with van der Waals surface area (Å²) in [5.41, 5.74) is 1.10. The predicted molar refractivity (Wildman–Crippen MR) is 69.3 cm³/mol. The van der Waals surface area contributed by atoms with E-state index in [1.54, 1.807) is 0 Å². The van der Waals surface area contributed by atoms with Gasteiger partial charge in [0.2, 0.25) is 0 Å². The van der Waals surface area contributed by atoms with Gasteiger partial charge in [-0.05, 0) is 25.0 Å². The topological polar surface area (TPSA) is 32.8 Å². The molecular formula is C14H18N2O2. The van der Waals surface area contributed by atoms with E-state index in [0.29, 0.717) is 6.04 Å². The molecule has 0 spiro atoms. The van der Waals surface area contributed by atoms with Gasteiger partial charge in [0.05, 0.1) is 7.11 Å². The smallest absolute Gasteiger partial charge is 0.343 e. The molecule has 0 radical (unpaired) electrons. The fourth-order valence-electron chi connectivity index (χ4n) is 3.12. The van der Waals surface area contributed by atoms with Gasteiger partial charge in [-0.3, -0.25) is 4.90 Å². The average Bonchev–Trinajstić information content (AvgIpc) is 2.98. The van der Waals surface area contributed by atoms with Crippen molar-refractivity contribution in [2.45, 2.75) is 25.0 Å². The predicted octanol–water partition coefficient (Wildman–Crippen LogP) is 1.47. The highest BCUT2D eigenvalue weighted by molar-refractivity contribution is 5.80. The van der Waals surface area contributed by atoms with Crippen LogP contribution in [0.25, 0.3) is 0 Å². The molecule has 1 aromatic rings. The van der Waals surface area contributed by atoms with Gasteiger partial charge in [-0.2, -0.15) is 0 Å². The van der Waals surface area contributed by atoms with Crippen LogP contribution in [0.1, 0.15) is 12.8 Å². The molecule has 1 aromatic carbocycles. The van der Waals surface area contributed by atoms with Crippen molar-refractivity contribution in [3.63, 3.8) is 0 Å². The van der Waals surface area contributed by atoms with E-state index in [1.165, 1.54) is 20.0 Å². The fraction of sp³-hybridized carbons (Fsp3) is 0.500. The molecule has 96 valence electrons. The quantitative estimate of drug-likeness (QED) is 0.740. The second-order valence-electron chi connectivity index (χ2n) is 4.92. The molecule has 2 aliphatic rings. The zero-order valence-electron chi connectivity index (χ0n) is 10.6. The van der Waals surface area contributed by atoms with Crippen molar-refractivity contribution in [2.75, 3.05) is 25.1 Å². The van der Waals surface area contributed by atoms with Crippen LogP contribution < -0.4 is 4.90 Å². The van der Waals surface area contributed by atoms with Gasteiger partial charge in [-0.25, -0.2) is 4.79 Å². The number of carbonyl (C=O) groups excluding carboxylic acids is 1. The number of carbonyl (C=O) groups is 1. The largest absolute Gasteiger partial charge is 0.466 e. The van der Waals surface area contributed by atoms with Crippen molar-refractivity contribution >= 4 is 11.7 Å². The summed E-state index contributed by atoms with van der Waals surface area (Å²) in [6.07, 6.45) is 2.11. The lowest BCUT2D eigenvalue weighted by Crippen LogP contribution is -2.46. The number of ether oxygens (including phenoxy) is 1. The highest BCUT2D eigenvalue weighted by atomic mass is 16.5. The van der Waals surface area contributed by atoms with E-state index in [9.17, 15) is 4.79 Å². The van der Waals surface area contributed by atoms with Crippen molar-refractivity contribution in [1.29, 1.82) is 0 Å². The average molecular weight is 246 g/mol. The van der Waals surface area contributed by atoms with E-state index in [-0.39, 0.29) is 12.1 Å². The van der Waals surface area contributed by atoms with Crippen LogP contribution in [0.2, 0.25) is 0 Å². The zero-order chi connectivity index (χ0) is 12.5. The Morgan fingerprint density at radius 2 is 2.11 bits per heavy atom. The summed E-state index contributed by atoms with van der Waals surface area (Å²) in [6, 6.07) is 10.6. The minimum absolute atomic E-state index is 0.150. The van der Waals surface area contributed by atoms with E-state index < -0.39 is 0 Å². The molecule has 4 heteroatoms. The number of fused-ring (bicyclic) bond motifs is 1. The summed E-state index contributed by atoms with van der Waals surface area (Å²) in [5, 5.41) is 0. The molecule has 18 heavy (non-hydrogen) atoms. The first kappa shape index (κ1) is 11.5. The number of benzene rings is 1. The fourth-order valence-corrected chi connectivity index (χ4v) is 3.12. The second-order valence-corrected chi connectivity index (χ2v) is 4.92. The Kier molecular flexibility index (Phi) is 2.96. The summed E-state index contributed by atoms with van der Waals surface area (Å²) >= 11 is 0. The number of hydrogen-bond acceptors (Lipinski definition) is 4. The van der Waals surface area contributed by atoms with Crippen LogP contribution in [-0.4, -0.2) is 43.3 Å². The van der Waals surface area contributed by atoms with Crippen LogP contribution >= 0.6 is 0 Å². The van der Waals surface area contributed by atoms with Gasteiger partial charge in [0.25, 0.3) is 0 Å². The maximum Gasteiger partial charge on any atom is 0.343 e. The zero-order valence-corrected chi connectivity index (χ0v) is 10.6. The molecule has 4 nitrogen and oxygen atoms in total. The van der Waals surface area contributed by atoms with Gasteiger partial charge in [-0.15, -0.1) is 0 Å². The van der Waals surface area contributed by atoms with Crippen LogP contribution in [0.3, 0.4) is 0 Å². The van der Waals surface area contributed by atoms with Gasteiger partial charge in [0.1, 0.15) is 0 Å². The molecule has 0 aromatic heterocycles. The van der Waals surface area contributed by atoms with Crippen LogP contribution in [0.4, 0.5) is 5.69 Å². The number of methoxy groups -OCH3 is 1. The Morgan fingerprint density at radius 3 is 2.83 bits per heavy atom. The number of nitrogens with zero attached hydrogens (tertiary/aromatic N) is 2. The van der Waals surface area contributed by atoms with Crippen LogP contribution in [0, 0.1) is 0 Å². The Hall–Kier alpha value is -1.55. The first-order chi connectivity index (χ1) is 8.81. The number of hydrogen-bond donors (Lipinski definition) is 0. The molecule has 0 saturated carbocycles. The molecule has 0 amide bonds. The van der Waals surface area contributed by atoms with Crippen molar-refractivity contribution in [3.05, 3.63) is 30.3 Å². The molecule has 3 rings (SSSR count). The van der Waals surface area contributed by atoms with Crippen LogP contribution in [-0.2, 0) is 9.53 Å². The second kappa shape index (κ2) is 4.61. The Bertz CT molecular complexity index is 435. The molecule has 2 fully saturated rings. The number of para-hydroxylation sites is 1. The number of esters is 1. The molecule has 0 aliphatic carbocycles. The third-order valence-electron chi connectivity index (χ3n) is 3.94. The van der Waals surface area contributed by atoms with Crippen molar-refractivity contribution in [2.24, 2.45) is 0 Å². The maximum absolute atomic E-state index is 12.0. The van der Waals surface area contributed by atoms with Crippen LogP contribution in [0.15, 0.2) is 30.3 Å². The van der Waals surface area contributed by atoms with Gasteiger partial charge in [-0.1, -0.05) is 18.2 Å². The summed E-state index contributed by atoms with van der Waals surface area (Å²) in [5.74, 6) is -0.150. The first-order valence-electron chi connectivity index (χ1n) is 6.46. The molecule has 2 unspecified atom stereocenters. The lowest BCUT2D eigenvalue weighted by molar-refractivity contribution is -0.145. The molecular weight excluding hydrogens is 228 g/mol. The van der Waals surface area contributed by atoms with Crippen molar-refractivity contribution in [3.8, 4) is 0 Å². The highest BCUT2D eigenvalue weighted by Crippen LogP contribution is 2.33. The van der Waals surface area contributed by atoms with E-state index in [4.69, 9.17) is 4.74 Å². The van der Waals surface area contributed by atoms with E-state index in [1.807, 2.05) is 18.2 Å². The highest BCUT2D eigenvalue weighted by Gasteiger charge is 2.46. The van der Waals surface area contributed by atoms with E-state index in [0.717, 1.165) is 18.8 Å². The van der Waals surface area contributed by atoms with Gasteiger partial charge >= 0.3 is 5.97 Å². The van der Waals surface area contributed by atoms with Gasteiger partial charge < -0.3 is 9.64 Å². The molecule has 0 bridgehead atoms. The lowest BCUT2D eigenvalue weighted by Gasteiger charge is -2.28. The summed E-state index contributed by atoms with van der Waals surface area (Å²) < 4.78 is 4.97. The first-order valence-corrected chi connectivity index (χ1v) is 6.46. The Balaban J connectivity index is 1.91.